The maximum absolute atomic E-state index is 11.6. The Kier molecular flexibility index (Phi) is 5.13. The van der Waals surface area contributed by atoms with E-state index in [1.165, 1.54) is 7.05 Å². The van der Waals surface area contributed by atoms with Crippen molar-refractivity contribution in [3.63, 3.8) is 0 Å². The van der Waals surface area contributed by atoms with E-state index in [9.17, 15) is 8.42 Å². The van der Waals surface area contributed by atoms with Crippen molar-refractivity contribution in [1.82, 2.24) is 4.72 Å². The molecule has 1 aromatic rings. The molecule has 5 nitrogen and oxygen atoms in total. The molecular formula is C12H21N3O2S. The van der Waals surface area contributed by atoms with Crippen molar-refractivity contribution in [3.05, 3.63) is 24.3 Å². The molecule has 6 heteroatoms. The number of nitrogens with one attached hydrogen (secondary N) is 1. The van der Waals surface area contributed by atoms with Crippen LogP contribution in [0.4, 0.5) is 5.69 Å². The smallest absolute Gasteiger partial charge is 0.240 e. The van der Waals surface area contributed by atoms with E-state index in [0.29, 0.717) is 12.6 Å². The zero-order valence-electron chi connectivity index (χ0n) is 11.1. The highest BCUT2D eigenvalue weighted by atomic mass is 32.2. The molecule has 1 unspecified atom stereocenters. The van der Waals surface area contributed by atoms with Crippen molar-refractivity contribution in [2.24, 2.45) is 5.73 Å². The fraction of sp³-hybridized carbons (Fsp3) is 0.500. The van der Waals surface area contributed by atoms with E-state index in [2.05, 4.69) is 16.5 Å². The summed E-state index contributed by atoms with van der Waals surface area (Å²) in [6, 6.07) is 7.13. The molecule has 0 radical (unpaired) electrons. The van der Waals surface area contributed by atoms with Crippen LogP contribution in [0, 0.1) is 0 Å². The van der Waals surface area contributed by atoms with Crippen LogP contribution in [-0.4, -0.2) is 35.1 Å². The van der Waals surface area contributed by atoms with Gasteiger partial charge in [-0.25, -0.2) is 13.1 Å². The molecule has 0 saturated heterocycles. The summed E-state index contributed by atoms with van der Waals surface area (Å²) in [6.07, 6.45) is 0.896. The normalized spacial score (nSPS) is 13.3. The van der Waals surface area contributed by atoms with Gasteiger partial charge >= 0.3 is 0 Å². The molecule has 0 heterocycles. The number of nitrogens with two attached hydrogens (primary N) is 1. The largest absolute Gasteiger partial charge is 0.372 e. The standard InChI is InChI=1S/C12H21N3O2S/c1-10(8-9-13)15(3)11-4-6-12(7-5-11)18(16,17)14-2/h4-7,10,14H,8-9,13H2,1-3H3. The van der Waals surface area contributed by atoms with Gasteiger partial charge in [0.15, 0.2) is 0 Å². The lowest BCUT2D eigenvalue weighted by molar-refractivity contribution is 0.588. The van der Waals surface area contributed by atoms with Gasteiger partial charge in [0, 0.05) is 18.8 Å². The Morgan fingerprint density at radius 1 is 1.33 bits per heavy atom. The molecule has 18 heavy (non-hydrogen) atoms. The molecule has 0 aliphatic carbocycles. The second-order valence-electron chi connectivity index (χ2n) is 4.24. The van der Waals surface area contributed by atoms with Crippen LogP contribution in [0.1, 0.15) is 13.3 Å². The maximum atomic E-state index is 11.6. The first kappa shape index (κ1) is 14.9. The number of anilines is 1. The fourth-order valence-electron chi connectivity index (χ4n) is 1.67. The van der Waals surface area contributed by atoms with Crippen molar-refractivity contribution in [3.8, 4) is 0 Å². The molecule has 3 N–H and O–H groups in total. The van der Waals surface area contributed by atoms with Crippen molar-refractivity contribution >= 4 is 15.7 Å². The number of nitrogens with zero attached hydrogens (tertiary/aromatic N) is 1. The molecule has 0 aliphatic rings. The third kappa shape index (κ3) is 3.44. The third-order valence-electron chi connectivity index (χ3n) is 3.07. The number of benzene rings is 1. The minimum Gasteiger partial charge on any atom is -0.372 e. The Balaban J connectivity index is 2.89. The SMILES string of the molecule is CNS(=O)(=O)c1ccc(N(C)C(C)CCN)cc1. The monoisotopic (exact) mass is 271 g/mol. The quantitative estimate of drug-likeness (QED) is 0.801. The first-order valence-corrected chi connectivity index (χ1v) is 7.37. The summed E-state index contributed by atoms with van der Waals surface area (Å²) in [5, 5.41) is 0. The summed E-state index contributed by atoms with van der Waals surface area (Å²) < 4.78 is 25.4. The summed E-state index contributed by atoms with van der Waals surface area (Å²) in [7, 11) is 0.0159. The molecule has 0 aliphatic heterocycles. The van der Waals surface area contributed by atoms with Crippen LogP contribution in [0.2, 0.25) is 0 Å². The Labute approximate surface area is 109 Å². The van der Waals surface area contributed by atoms with Crippen LogP contribution in [0.25, 0.3) is 0 Å². The zero-order valence-corrected chi connectivity index (χ0v) is 11.9. The van der Waals surface area contributed by atoms with Crippen LogP contribution >= 0.6 is 0 Å². The molecular weight excluding hydrogens is 250 g/mol. The number of hydrogen-bond acceptors (Lipinski definition) is 4. The molecule has 0 spiro atoms. The topological polar surface area (TPSA) is 75.4 Å². The molecule has 0 aromatic heterocycles. The van der Waals surface area contributed by atoms with Gasteiger partial charge in [-0.3, -0.25) is 0 Å². The first-order valence-electron chi connectivity index (χ1n) is 5.89. The number of rotatable bonds is 6. The lowest BCUT2D eigenvalue weighted by Gasteiger charge is -2.26. The van der Waals surface area contributed by atoms with Crippen molar-refractivity contribution < 1.29 is 8.42 Å². The zero-order chi connectivity index (χ0) is 13.8. The summed E-state index contributed by atoms with van der Waals surface area (Å²) in [5.74, 6) is 0. The van der Waals surface area contributed by atoms with Gasteiger partial charge in [-0.15, -0.1) is 0 Å². The molecule has 0 fully saturated rings. The van der Waals surface area contributed by atoms with Crippen LogP contribution < -0.4 is 15.4 Å². The molecule has 0 saturated carbocycles. The average molecular weight is 271 g/mol. The van der Waals surface area contributed by atoms with Gasteiger partial charge in [-0.2, -0.15) is 0 Å². The Morgan fingerprint density at radius 2 is 1.89 bits per heavy atom. The van der Waals surface area contributed by atoms with Crippen LogP contribution in [0.15, 0.2) is 29.2 Å². The Hall–Kier alpha value is -1.11. The molecule has 0 bridgehead atoms. The van der Waals surface area contributed by atoms with Gasteiger partial charge in [-0.1, -0.05) is 0 Å². The third-order valence-corrected chi connectivity index (χ3v) is 4.50. The Morgan fingerprint density at radius 3 is 2.33 bits per heavy atom. The molecule has 102 valence electrons. The minimum atomic E-state index is -3.36. The van der Waals surface area contributed by atoms with Crippen LogP contribution in [0.3, 0.4) is 0 Å². The number of hydrogen-bond donors (Lipinski definition) is 2. The van der Waals surface area contributed by atoms with E-state index in [4.69, 9.17) is 5.73 Å². The van der Waals surface area contributed by atoms with E-state index in [-0.39, 0.29) is 4.90 Å². The van der Waals surface area contributed by atoms with E-state index in [0.717, 1.165) is 12.1 Å². The highest BCUT2D eigenvalue weighted by Gasteiger charge is 2.13. The maximum Gasteiger partial charge on any atom is 0.240 e. The van der Waals surface area contributed by atoms with E-state index < -0.39 is 10.0 Å². The summed E-state index contributed by atoms with van der Waals surface area (Å²) >= 11 is 0. The van der Waals surface area contributed by atoms with E-state index in [1.54, 1.807) is 24.3 Å². The molecule has 1 aromatic carbocycles. The highest BCUT2D eigenvalue weighted by molar-refractivity contribution is 7.89. The summed E-state index contributed by atoms with van der Waals surface area (Å²) in [6.45, 7) is 2.73. The highest BCUT2D eigenvalue weighted by Crippen LogP contribution is 2.19. The van der Waals surface area contributed by atoms with Gasteiger partial charge in [0.1, 0.15) is 0 Å². The van der Waals surface area contributed by atoms with Gasteiger partial charge in [0.05, 0.1) is 4.90 Å². The molecule has 1 atom stereocenters. The van der Waals surface area contributed by atoms with Crippen molar-refractivity contribution in [2.75, 3.05) is 25.5 Å². The van der Waals surface area contributed by atoms with Gasteiger partial charge in [0.2, 0.25) is 10.0 Å². The van der Waals surface area contributed by atoms with Crippen LogP contribution in [-0.2, 0) is 10.0 Å². The minimum absolute atomic E-state index is 0.272. The first-order chi connectivity index (χ1) is 8.42. The van der Waals surface area contributed by atoms with Crippen LogP contribution in [0.5, 0.6) is 0 Å². The predicted molar refractivity (Wildman–Crippen MR) is 74.2 cm³/mol. The number of sulfonamides is 1. The van der Waals surface area contributed by atoms with Gasteiger partial charge < -0.3 is 10.6 Å². The van der Waals surface area contributed by atoms with E-state index >= 15 is 0 Å². The van der Waals surface area contributed by atoms with Gasteiger partial charge in [0.25, 0.3) is 0 Å². The second-order valence-corrected chi connectivity index (χ2v) is 6.13. The van der Waals surface area contributed by atoms with Crippen molar-refractivity contribution in [2.45, 2.75) is 24.3 Å². The second kappa shape index (κ2) is 6.17. The Bertz CT molecular complexity index is 471. The predicted octanol–water partition coefficient (Wildman–Crippen LogP) is 0.768. The summed E-state index contributed by atoms with van der Waals surface area (Å²) in [4.78, 5) is 2.36. The lowest BCUT2D eigenvalue weighted by Crippen LogP contribution is -2.30. The average Bonchev–Trinajstić information content (AvgIpc) is 2.38. The van der Waals surface area contributed by atoms with E-state index in [1.807, 2.05) is 7.05 Å². The molecule has 1 rings (SSSR count). The summed E-state index contributed by atoms with van der Waals surface area (Å²) in [5.41, 5.74) is 6.51. The van der Waals surface area contributed by atoms with Gasteiger partial charge in [-0.05, 0) is 51.2 Å². The molecule has 0 amide bonds. The fourth-order valence-corrected chi connectivity index (χ4v) is 2.40. The van der Waals surface area contributed by atoms with Crippen molar-refractivity contribution in [1.29, 1.82) is 0 Å². The lowest BCUT2D eigenvalue weighted by atomic mass is 10.2.